The molecule has 3 aromatic rings. The summed E-state index contributed by atoms with van der Waals surface area (Å²) in [5, 5.41) is 0.803. The predicted molar refractivity (Wildman–Crippen MR) is 84.7 cm³/mol. The number of hydrogen-bond donors (Lipinski definition) is 0. The van der Waals surface area contributed by atoms with E-state index < -0.39 is 0 Å². The molecular formula is C17H16ClN3. The fraction of sp³-hybridized carbons (Fsp3) is 0.294. The number of fused-ring (bicyclic) bond motifs is 1. The Morgan fingerprint density at radius 1 is 1.14 bits per heavy atom. The summed E-state index contributed by atoms with van der Waals surface area (Å²) < 4.78 is 2.32. The molecule has 0 radical (unpaired) electrons. The molecule has 0 bridgehead atoms. The summed E-state index contributed by atoms with van der Waals surface area (Å²) in [6.45, 7) is 0. The molecule has 0 amide bonds. The van der Waals surface area contributed by atoms with Crippen molar-refractivity contribution in [3.63, 3.8) is 0 Å². The van der Waals surface area contributed by atoms with Gasteiger partial charge in [-0.25, -0.2) is 9.97 Å². The van der Waals surface area contributed by atoms with Crippen LogP contribution in [0.15, 0.2) is 42.6 Å². The average molecular weight is 298 g/mol. The molecule has 4 rings (SSSR count). The molecule has 1 fully saturated rings. The summed E-state index contributed by atoms with van der Waals surface area (Å²) >= 11 is 6.30. The summed E-state index contributed by atoms with van der Waals surface area (Å²) in [5.41, 5.74) is 3.10. The van der Waals surface area contributed by atoms with Gasteiger partial charge in [-0.1, -0.05) is 29.8 Å². The zero-order chi connectivity index (χ0) is 14.2. The molecule has 1 aliphatic carbocycles. The molecule has 0 unspecified atom stereocenters. The Labute approximate surface area is 128 Å². The second-order valence-corrected chi connectivity index (χ2v) is 6.00. The third kappa shape index (κ3) is 2.22. The van der Waals surface area contributed by atoms with Gasteiger partial charge in [0.05, 0.1) is 0 Å². The molecule has 2 heterocycles. The van der Waals surface area contributed by atoms with Crippen LogP contribution in [0.4, 0.5) is 0 Å². The van der Waals surface area contributed by atoms with E-state index in [9.17, 15) is 0 Å². The van der Waals surface area contributed by atoms with Gasteiger partial charge < -0.3 is 4.57 Å². The van der Waals surface area contributed by atoms with Gasteiger partial charge in [0.1, 0.15) is 11.3 Å². The van der Waals surface area contributed by atoms with Gasteiger partial charge in [0.2, 0.25) is 0 Å². The summed E-state index contributed by atoms with van der Waals surface area (Å²) in [7, 11) is 0. The minimum absolute atomic E-state index is 0.544. The molecule has 3 nitrogen and oxygen atoms in total. The van der Waals surface area contributed by atoms with Crippen molar-refractivity contribution in [2.24, 2.45) is 0 Å². The quantitative estimate of drug-likeness (QED) is 0.717. The van der Waals surface area contributed by atoms with Crippen molar-refractivity contribution in [1.29, 1.82) is 0 Å². The van der Waals surface area contributed by atoms with E-state index in [0.29, 0.717) is 6.04 Å². The van der Waals surface area contributed by atoms with Gasteiger partial charge >= 0.3 is 0 Å². The highest BCUT2D eigenvalue weighted by molar-refractivity contribution is 6.31. The van der Waals surface area contributed by atoms with Crippen LogP contribution in [0.5, 0.6) is 0 Å². The number of halogens is 1. The maximum absolute atomic E-state index is 6.30. The maximum atomic E-state index is 6.30. The highest BCUT2D eigenvalue weighted by Gasteiger charge is 2.25. The standard InChI is InChI=1S/C17H16ClN3/c18-14-8-2-1-5-12(14)11-16-20-15-9-4-10-19-17(15)21(16)13-6-3-7-13/h1-2,4-5,8-10,13H,3,6-7,11H2. The topological polar surface area (TPSA) is 30.7 Å². The third-order valence-electron chi connectivity index (χ3n) is 4.27. The fourth-order valence-electron chi connectivity index (χ4n) is 2.94. The molecule has 0 aliphatic heterocycles. The molecule has 1 aliphatic rings. The van der Waals surface area contributed by atoms with Crippen molar-refractivity contribution in [3.05, 3.63) is 59.0 Å². The first kappa shape index (κ1) is 12.8. The Balaban J connectivity index is 1.82. The van der Waals surface area contributed by atoms with Gasteiger partial charge in [0.25, 0.3) is 0 Å². The third-order valence-corrected chi connectivity index (χ3v) is 4.64. The van der Waals surface area contributed by atoms with E-state index in [4.69, 9.17) is 16.6 Å². The minimum atomic E-state index is 0.544. The van der Waals surface area contributed by atoms with Crippen LogP contribution in [0.2, 0.25) is 5.02 Å². The summed E-state index contributed by atoms with van der Waals surface area (Å²) in [5.74, 6) is 1.07. The summed E-state index contributed by atoms with van der Waals surface area (Å²) in [4.78, 5) is 9.33. The van der Waals surface area contributed by atoms with E-state index in [1.54, 1.807) is 0 Å². The Bertz CT molecular complexity index is 790. The number of hydrogen-bond acceptors (Lipinski definition) is 2. The first-order chi connectivity index (χ1) is 10.3. The zero-order valence-corrected chi connectivity index (χ0v) is 12.4. The Hall–Kier alpha value is -1.87. The minimum Gasteiger partial charge on any atom is -0.309 e. The molecular weight excluding hydrogens is 282 g/mol. The van der Waals surface area contributed by atoms with Crippen LogP contribution in [0.1, 0.15) is 36.7 Å². The van der Waals surface area contributed by atoms with Crippen molar-refractivity contribution >= 4 is 22.8 Å². The predicted octanol–water partition coefficient (Wildman–Crippen LogP) is 4.40. The van der Waals surface area contributed by atoms with E-state index in [0.717, 1.165) is 34.0 Å². The van der Waals surface area contributed by atoms with E-state index in [-0.39, 0.29) is 0 Å². The lowest BCUT2D eigenvalue weighted by molar-refractivity contribution is 0.313. The van der Waals surface area contributed by atoms with Crippen molar-refractivity contribution in [1.82, 2.24) is 14.5 Å². The van der Waals surface area contributed by atoms with Crippen LogP contribution in [0.25, 0.3) is 11.2 Å². The second kappa shape index (κ2) is 5.15. The van der Waals surface area contributed by atoms with Crippen LogP contribution >= 0.6 is 11.6 Å². The fourth-order valence-corrected chi connectivity index (χ4v) is 3.14. The van der Waals surface area contributed by atoms with Crippen molar-refractivity contribution in [2.45, 2.75) is 31.7 Å². The molecule has 1 aromatic carbocycles. The van der Waals surface area contributed by atoms with Crippen LogP contribution < -0.4 is 0 Å². The smallest absolute Gasteiger partial charge is 0.160 e. The first-order valence-corrected chi connectivity index (χ1v) is 7.76. The van der Waals surface area contributed by atoms with Crippen LogP contribution in [-0.4, -0.2) is 14.5 Å². The van der Waals surface area contributed by atoms with Gasteiger partial charge in [-0.2, -0.15) is 0 Å². The average Bonchev–Trinajstić information content (AvgIpc) is 2.78. The lowest BCUT2D eigenvalue weighted by Crippen LogP contribution is -2.19. The number of benzene rings is 1. The molecule has 0 atom stereocenters. The molecule has 4 heteroatoms. The molecule has 1 saturated carbocycles. The number of rotatable bonds is 3. The normalized spacial score (nSPS) is 15.3. The largest absolute Gasteiger partial charge is 0.309 e. The van der Waals surface area contributed by atoms with Gasteiger partial charge in [0.15, 0.2) is 5.65 Å². The van der Waals surface area contributed by atoms with Crippen LogP contribution in [0.3, 0.4) is 0 Å². The number of pyridine rings is 1. The first-order valence-electron chi connectivity index (χ1n) is 7.38. The Morgan fingerprint density at radius 2 is 2.00 bits per heavy atom. The maximum Gasteiger partial charge on any atom is 0.160 e. The van der Waals surface area contributed by atoms with Crippen molar-refractivity contribution in [2.75, 3.05) is 0 Å². The van der Waals surface area contributed by atoms with Crippen molar-refractivity contribution in [3.8, 4) is 0 Å². The molecule has 0 spiro atoms. The van der Waals surface area contributed by atoms with E-state index in [2.05, 4.69) is 15.6 Å². The lowest BCUT2D eigenvalue weighted by atomic mass is 9.92. The SMILES string of the molecule is Clc1ccccc1Cc1nc2cccnc2n1C1CCC1. The van der Waals surface area contributed by atoms with Gasteiger partial charge in [-0.15, -0.1) is 0 Å². The summed E-state index contributed by atoms with van der Waals surface area (Å²) in [6.07, 6.45) is 6.34. The van der Waals surface area contributed by atoms with Crippen molar-refractivity contribution < 1.29 is 0 Å². The molecule has 21 heavy (non-hydrogen) atoms. The number of aromatic nitrogens is 3. The Morgan fingerprint density at radius 3 is 2.76 bits per heavy atom. The molecule has 2 aromatic heterocycles. The van der Waals surface area contributed by atoms with E-state index in [1.807, 2.05) is 36.5 Å². The second-order valence-electron chi connectivity index (χ2n) is 5.60. The van der Waals surface area contributed by atoms with Crippen LogP contribution in [-0.2, 0) is 6.42 Å². The lowest BCUT2D eigenvalue weighted by Gasteiger charge is -2.28. The van der Waals surface area contributed by atoms with E-state index in [1.165, 1.54) is 19.3 Å². The zero-order valence-electron chi connectivity index (χ0n) is 11.7. The van der Waals surface area contributed by atoms with E-state index >= 15 is 0 Å². The van der Waals surface area contributed by atoms with Crippen LogP contribution in [0, 0.1) is 0 Å². The number of imidazole rings is 1. The van der Waals surface area contributed by atoms with Gasteiger partial charge in [-0.05, 0) is 43.0 Å². The monoisotopic (exact) mass is 297 g/mol. The Kier molecular flexibility index (Phi) is 3.15. The number of nitrogens with zero attached hydrogens (tertiary/aromatic N) is 3. The molecule has 106 valence electrons. The van der Waals surface area contributed by atoms with Gasteiger partial charge in [0, 0.05) is 23.7 Å². The van der Waals surface area contributed by atoms with Gasteiger partial charge in [-0.3, -0.25) is 0 Å². The molecule has 0 saturated heterocycles. The highest BCUT2D eigenvalue weighted by atomic mass is 35.5. The highest BCUT2D eigenvalue weighted by Crippen LogP contribution is 2.35. The molecule has 0 N–H and O–H groups in total. The summed E-state index contributed by atoms with van der Waals surface area (Å²) in [6, 6.07) is 12.5.